The van der Waals surface area contributed by atoms with Gasteiger partial charge in [0.25, 0.3) is 5.91 Å². The fraction of sp³-hybridized carbons (Fsp3) is 0.364. The summed E-state index contributed by atoms with van der Waals surface area (Å²) in [5.41, 5.74) is 7.44. The van der Waals surface area contributed by atoms with Crippen molar-refractivity contribution in [2.45, 2.75) is 13.0 Å². The van der Waals surface area contributed by atoms with Gasteiger partial charge in [-0.25, -0.2) is 0 Å². The van der Waals surface area contributed by atoms with Gasteiger partial charge < -0.3 is 10.6 Å². The van der Waals surface area contributed by atoms with Crippen LogP contribution in [0.1, 0.15) is 28.9 Å². The van der Waals surface area contributed by atoms with E-state index >= 15 is 0 Å². The van der Waals surface area contributed by atoms with Gasteiger partial charge in [-0.3, -0.25) is 4.79 Å². The largest absolute Gasteiger partial charge is 0.345 e. The van der Waals surface area contributed by atoms with Crippen LogP contribution in [0.25, 0.3) is 0 Å². The van der Waals surface area contributed by atoms with E-state index in [-0.39, 0.29) is 24.4 Å². The molecule has 0 aromatic heterocycles. The summed E-state index contributed by atoms with van der Waals surface area (Å²) in [6, 6.07) is 7.41. The van der Waals surface area contributed by atoms with Crippen LogP contribution >= 0.6 is 12.4 Å². The molecule has 1 atom stereocenters. The number of nitrogens with two attached hydrogens (primary N) is 1. The summed E-state index contributed by atoms with van der Waals surface area (Å²) in [4.78, 5) is 13.1. The maximum atomic E-state index is 11.5. The van der Waals surface area contributed by atoms with Gasteiger partial charge in [0.1, 0.15) is 0 Å². The first-order valence-electron chi connectivity index (χ1n) is 4.59. The summed E-state index contributed by atoms with van der Waals surface area (Å²) in [5, 5.41) is 0. The predicted molar refractivity (Wildman–Crippen MR) is 64.3 cm³/mol. The fourth-order valence-corrected chi connectivity index (χ4v) is 1.19. The molecule has 0 unspecified atom stereocenters. The molecule has 0 aliphatic rings. The number of benzene rings is 1. The molecule has 0 heterocycles. The van der Waals surface area contributed by atoms with Crippen LogP contribution in [0.2, 0.25) is 0 Å². The van der Waals surface area contributed by atoms with E-state index < -0.39 is 0 Å². The number of hydrogen-bond acceptors (Lipinski definition) is 2. The van der Waals surface area contributed by atoms with Crippen LogP contribution in [0.15, 0.2) is 24.3 Å². The maximum Gasteiger partial charge on any atom is 0.253 e. The van der Waals surface area contributed by atoms with Gasteiger partial charge in [-0.2, -0.15) is 0 Å². The van der Waals surface area contributed by atoms with Gasteiger partial charge in [0.05, 0.1) is 0 Å². The molecule has 0 spiro atoms. The van der Waals surface area contributed by atoms with Crippen molar-refractivity contribution in [1.82, 2.24) is 4.90 Å². The smallest absolute Gasteiger partial charge is 0.253 e. The van der Waals surface area contributed by atoms with E-state index in [1.807, 2.05) is 19.1 Å². The van der Waals surface area contributed by atoms with E-state index in [9.17, 15) is 4.79 Å². The molecule has 0 fully saturated rings. The Morgan fingerprint density at radius 3 is 2.07 bits per heavy atom. The number of halogens is 1. The van der Waals surface area contributed by atoms with Crippen LogP contribution in [0.5, 0.6) is 0 Å². The van der Waals surface area contributed by atoms with Crippen molar-refractivity contribution in [1.29, 1.82) is 0 Å². The van der Waals surface area contributed by atoms with Gasteiger partial charge in [-0.15, -0.1) is 12.4 Å². The van der Waals surface area contributed by atoms with Gasteiger partial charge in [0.2, 0.25) is 0 Å². The fourth-order valence-electron chi connectivity index (χ4n) is 1.19. The van der Waals surface area contributed by atoms with Gasteiger partial charge >= 0.3 is 0 Å². The highest BCUT2D eigenvalue weighted by Gasteiger charge is 2.07. The molecular weight excluding hydrogens is 212 g/mol. The Hall–Kier alpha value is -1.06. The quantitative estimate of drug-likeness (QED) is 0.840. The third-order valence-electron chi connectivity index (χ3n) is 2.09. The average Bonchev–Trinajstić information content (AvgIpc) is 2.16. The summed E-state index contributed by atoms with van der Waals surface area (Å²) in [6.45, 7) is 1.92. The first kappa shape index (κ1) is 13.9. The molecule has 0 aliphatic heterocycles. The Balaban J connectivity index is 0.00000196. The molecule has 0 saturated heterocycles. The van der Waals surface area contributed by atoms with Gasteiger partial charge in [-0.1, -0.05) is 12.1 Å². The summed E-state index contributed by atoms with van der Waals surface area (Å²) >= 11 is 0. The molecular formula is C11H17ClN2O. The van der Waals surface area contributed by atoms with E-state index in [4.69, 9.17) is 5.73 Å². The minimum atomic E-state index is 0. The SMILES string of the molecule is C[C@H](N)c1ccc(C(=O)N(C)C)cc1.Cl. The number of hydrogen-bond donors (Lipinski definition) is 1. The van der Waals surface area contributed by atoms with Crippen molar-refractivity contribution in [3.63, 3.8) is 0 Å². The number of rotatable bonds is 2. The summed E-state index contributed by atoms with van der Waals surface area (Å²) in [7, 11) is 3.48. The van der Waals surface area contributed by atoms with Crippen LogP contribution in [-0.2, 0) is 0 Å². The zero-order valence-corrected chi connectivity index (χ0v) is 10.0. The van der Waals surface area contributed by atoms with Crippen LogP contribution in [0.3, 0.4) is 0 Å². The van der Waals surface area contributed by atoms with E-state index in [0.717, 1.165) is 5.56 Å². The molecule has 1 amide bonds. The molecule has 15 heavy (non-hydrogen) atoms. The summed E-state index contributed by atoms with van der Waals surface area (Å²) < 4.78 is 0. The number of amides is 1. The van der Waals surface area contributed by atoms with E-state index in [1.54, 1.807) is 31.1 Å². The Labute approximate surface area is 96.7 Å². The number of carbonyl (C=O) groups is 1. The Morgan fingerprint density at radius 1 is 1.27 bits per heavy atom. The molecule has 3 nitrogen and oxygen atoms in total. The predicted octanol–water partition coefficient (Wildman–Crippen LogP) is 1.83. The third kappa shape index (κ3) is 3.53. The lowest BCUT2D eigenvalue weighted by Crippen LogP contribution is -2.21. The molecule has 0 radical (unpaired) electrons. The highest BCUT2D eigenvalue weighted by atomic mass is 35.5. The van der Waals surface area contributed by atoms with Crippen molar-refractivity contribution >= 4 is 18.3 Å². The van der Waals surface area contributed by atoms with E-state index in [0.29, 0.717) is 5.56 Å². The topological polar surface area (TPSA) is 46.3 Å². The number of carbonyl (C=O) groups excluding carboxylic acids is 1. The van der Waals surface area contributed by atoms with Crippen molar-refractivity contribution < 1.29 is 4.79 Å². The monoisotopic (exact) mass is 228 g/mol. The second-order valence-electron chi connectivity index (χ2n) is 3.61. The van der Waals surface area contributed by atoms with Crippen LogP contribution in [0.4, 0.5) is 0 Å². The second-order valence-corrected chi connectivity index (χ2v) is 3.61. The third-order valence-corrected chi connectivity index (χ3v) is 2.09. The highest BCUT2D eigenvalue weighted by molar-refractivity contribution is 5.93. The molecule has 0 aliphatic carbocycles. The van der Waals surface area contributed by atoms with E-state index in [1.165, 1.54) is 0 Å². The van der Waals surface area contributed by atoms with Crippen LogP contribution in [0, 0.1) is 0 Å². The Morgan fingerprint density at radius 2 is 1.73 bits per heavy atom. The Bertz CT molecular complexity index is 320. The normalized spacial score (nSPS) is 11.5. The van der Waals surface area contributed by atoms with E-state index in [2.05, 4.69) is 0 Å². The molecule has 2 N–H and O–H groups in total. The number of nitrogens with zero attached hydrogens (tertiary/aromatic N) is 1. The average molecular weight is 229 g/mol. The molecule has 0 saturated carbocycles. The molecule has 84 valence electrons. The standard InChI is InChI=1S/C11H16N2O.ClH/c1-8(12)9-4-6-10(7-5-9)11(14)13(2)3;/h4-8H,12H2,1-3H3;1H/t8-;/m0./s1. The zero-order chi connectivity index (χ0) is 10.7. The van der Waals surface area contributed by atoms with Gasteiger partial charge in [0, 0.05) is 25.7 Å². The van der Waals surface area contributed by atoms with Crippen molar-refractivity contribution in [2.24, 2.45) is 5.73 Å². The molecule has 0 bridgehead atoms. The molecule has 1 aromatic carbocycles. The van der Waals surface area contributed by atoms with Crippen molar-refractivity contribution in [3.05, 3.63) is 35.4 Å². The second kappa shape index (κ2) is 5.73. The summed E-state index contributed by atoms with van der Waals surface area (Å²) in [5.74, 6) is 0.0150. The van der Waals surface area contributed by atoms with Crippen molar-refractivity contribution in [2.75, 3.05) is 14.1 Å². The lowest BCUT2D eigenvalue weighted by atomic mass is 10.1. The lowest BCUT2D eigenvalue weighted by Gasteiger charge is -2.11. The van der Waals surface area contributed by atoms with Crippen molar-refractivity contribution in [3.8, 4) is 0 Å². The summed E-state index contributed by atoms with van der Waals surface area (Å²) in [6.07, 6.45) is 0. The highest BCUT2D eigenvalue weighted by Crippen LogP contribution is 2.11. The first-order chi connectivity index (χ1) is 6.52. The lowest BCUT2D eigenvalue weighted by molar-refractivity contribution is 0.0827. The molecule has 1 rings (SSSR count). The molecule has 4 heteroatoms. The Kier molecular flexibility index (Phi) is 5.33. The van der Waals surface area contributed by atoms with Gasteiger partial charge in [0.15, 0.2) is 0 Å². The van der Waals surface area contributed by atoms with Crippen LogP contribution < -0.4 is 5.73 Å². The maximum absolute atomic E-state index is 11.5. The first-order valence-corrected chi connectivity index (χ1v) is 4.59. The van der Waals surface area contributed by atoms with Gasteiger partial charge in [-0.05, 0) is 24.6 Å². The zero-order valence-electron chi connectivity index (χ0n) is 9.23. The minimum Gasteiger partial charge on any atom is -0.345 e. The minimum absolute atomic E-state index is 0. The van der Waals surface area contributed by atoms with Crippen LogP contribution in [-0.4, -0.2) is 24.9 Å². The molecule has 1 aromatic rings.